The average Bonchev–Trinajstić information content (AvgIpc) is 2.30. The number of hydrogen-bond donors (Lipinski definition) is 0. The minimum atomic E-state index is 0.0914. The van der Waals surface area contributed by atoms with Crippen molar-refractivity contribution in [2.24, 2.45) is 0 Å². The van der Waals surface area contributed by atoms with E-state index < -0.39 is 0 Å². The molecule has 2 nitrogen and oxygen atoms in total. The Balaban J connectivity index is 2.73. The van der Waals surface area contributed by atoms with Crippen LogP contribution in [0, 0.1) is 26.2 Å². The standard InChI is InChI=1S/C15H19NO/c1-5-9-16(6-2)15(17)11-14-8-7-12(3)13(4)10-14/h1,7-8,10H,6,9,11H2,2-4H3. The summed E-state index contributed by atoms with van der Waals surface area (Å²) in [5.74, 6) is 2.60. The summed E-state index contributed by atoms with van der Waals surface area (Å²) in [4.78, 5) is 13.6. The highest BCUT2D eigenvalue weighted by Crippen LogP contribution is 2.11. The van der Waals surface area contributed by atoms with Crippen LogP contribution in [0.15, 0.2) is 18.2 Å². The summed E-state index contributed by atoms with van der Waals surface area (Å²) >= 11 is 0. The summed E-state index contributed by atoms with van der Waals surface area (Å²) in [7, 11) is 0. The molecular formula is C15H19NO. The summed E-state index contributed by atoms with van der Waals surface area (Å²) in [6.07, 6.45) is 5.66. The van der Waals surface area contributed by atoms with Gasteiger partial charge in [0.05, 0.1) is 13.0 Å². The van der Waals surface area contributed by atoms with Gasteiger partial charge in [0, 0.05) is 6.54 Å². The van der Waals surface area contributed by atoms with Crippen LogP contribution >= 0.6 is 0 Å². The maximum atomic E-state index is 12.0. The molecule has 90 valence electrons. The molecule has 0 saturated carbocycles. The molecule has 0 spiro atoms. The van der Waals surface area contributed by atoms with Crippen molar-refractivity contribution in [2.45, 2.75) is 27.2 Å². The van der Waals surface area contributed by atoms with E-state index in [4.69, 9.17) is 6.42 Å². The molecule has 0 aliphatic carbocycles. The maximum Gasteiger partial charge on any atom is 0.227 e. The van der Waals surface area contributed by atoms with Gasteiger partial charge in [-0.25, -0.2) is 0 Å². The van der Waals surface area contributed by atoms with Gasteiger partial charge in [0.25, 0.3) is 0 Å². The minimum absolute atomic E-state index is 0.0914. The number of hydrogen-bond acceptors (Lipinski definition) is 1. The second-order valence-corrected chi connectivity index (χ2v) is 4.21. The van der Waals surface area contributed by atoms with Gasteiger partial charge in [0.2, 0.25) is 5.91 Å². The number of likely N-dealkylation sites (N-methyl/N-ethyl adjacent to an activating group) is 1. The monoisotopic (exact) mass is 229 g/mol. The Morgan fingerprint density at radius 2 is 2.06 bits per heavy atom. The van der Waals surface area contributed by atoms with Crippen LogP contribution < -0.4 is 0 Å². The third kappa shape index (κ3) is 3.64. The van der Waals surface area contributed by atoms with Crippen LogP contribution in [0.25, 0.3) is 0 Å². The lowest BCUT2D eigenvalue weighted by Gasteiger charge is -2.18. The van der Waals surface area contributed by atoms with Gasteiger partial charge >= 0.3 is 0 Å². The van der Waals surface area contributed by atoms with E-state index in [1.807, 2.05) is 13.0 Å². The molecular weight excluding hydrogens is 210 g/mol. The van der Waals surface area contributed by atoms with Crippen LogP contribution in [0.5, 0.6) is 0 Å². The van der Waals surface area contributed by atoms with Gasteiger partial charge in [-0.15, -0.1) is 6.42 Å². The highest BCUT2D eigenvalue weighted by atomic mass is 16.2. The first kappa shape index (κ1) is 13.3. The molecule has 0 heterocycles. The molecule has 0 aromatic heterocycles. The second kappa shape index (κ2) is 6.10. The van der Waals surface area contributed by atoms with Crippen LogP contribution in [-0.4, -0.2) is 23.9 Å². The summed E-state index contributed by atoms with van der Waals surface area (Å²) in [5.41, 5.74) is 3.51. The van der Waals surface area contributed by atoms with Gasteiger partial charge in [0.1, 0.15) is 0 Å². The second-order valence-electron chi connectivity index (χ2n) is 4.21. The molecule has 0 fully saturated rings. The van der Waals surface area contributed by atoms with Crippen LogP contribution in [0.1, 0.15) is 23.6 Å². The fourth-order valence-corrected chi connectivity index (χ4v) is 1.69. The highest BCUT2D eigenvalue weighted by Gasteiger charge is 2.11. The van der Waals surface area contributed by atoms with E-state index in [0.717, 1.165) is 5.56 Å². The van der Waals surface area contributed by atoms with Crippen LogP contribution in [0.3, 0.4) is 0 Å². The lowest BCUT2D eigenvalue weighted by atomic mass is 10.0. The third-order valence-electron chi connectivity index (χ3n) is 2.94. The summed E-state index contributed by atoms with van der Waals surface area (Å²) in [6, 6.07) is 6.12. The zero-order chi connectivity index (χ0) is 12.8. The molecule has 0 unspecified atom stereocenters. The van der Waals surface area contributed by atoms with E-state index in [9.17, 15) is 4.79 Å². The SMILES string of the molecule is C#CCN(CC)C(=O)Cc1ccc(C)c(C)c1. The smallest absolute Gasteiger partial charge is 0.227 e. The van der Waals surface area contributed by atoms with Gasteiger partial charge in [0.15, 0.2) is 0 Å². The Hall–Kier alpha value is -1.75. The molecule has 1 rings (SSSR count). The van der Waals surface area contributed by atoms with Gasteiger partial charge in [-0.2, -0.15) is 0 Å². The zero-order valence-electron chi connectivity index (χ0n) is 10.8. The van der Waals surface area contributed by atoms with E-state index in [0.29, 0.717) is 19.5 Å². The topological polar surface area (TPSA) is 20.3 Å². The molecule has 0 bridgehead atoms. The lowest BCUT2D eigenvalue weighted by Crippen LogP contribution is -2.32. The van der Waals surface area contributed by atoms with E-state index >= 15 is 0 Å². The van der Waals surface area contributed by atoms with Crippen molar-refractivity contribution in [3.8, 4) is 12.3 Å². The molecule has 1 aromatic carbocycles. The van der Waals surface area contributed by atoms with Crippen molar-refractivity contribution in [3.05, 3.63) is 34.9 Å². The first-order chi connectivity index (χ1) is 8.08. The molecule has 1 aromatic rings. The predicted molar refractivity (Wildman–Crippen MR) is 70.7 cm³/mol. The molecule has 0 saturated heterocycles. The summed E-state index contributed by atoms with van der Waals surface area (Å²) in [5, 5.41) is 0. The lowest BCUT2D eigenvalue weighted by molar-refractivity contribution is -0.129. The van der Waals surface area contributed by atoms with Crippen molar-refractivity contribution < 1.29 is 4.79 Å². The number of carbonyl (C=O) groups is 1. The summed E-state index contributed by atoms with van der Waals surface area (Å²) in [6.45, 7) is 7.11. The number of terminal acetylenes is 1. The Kier molecular flexibility index (Phi) is 4.78. The normalized spacial score (nSPS) is 9.76. The number of rotatable bonds is 4. The van der Waals surface area contributed by atoms with E-state index in [1.165, 1.54) is 11.1 Å². The van der Waals surface area contributed by atoms with E-state index in [1.54, 1.807) is 4.90 Å². The molecule has 17 heavy (non-hydrogen) atoms. The fraction of sp³-hybridized carbons (Fsp3) is 0.400. The molecule has 0 aliphatic rings. The van der Waals surface area contributed by atoms with Crippen molar-refractivity contribution in [1.29, 1.82) is 0 Å². The molecule has 1 amide bonds. The summed E-state index contributed by atoms with van der Waals surface area (Å²) < 4.78 is 0. The number of amides is 1. The first-order valence-corrected chi connectivity index (χ1v) is 5.85. The van der Waals surface area contributed by atoms with Crippen molar-refractivity contribution in [2.75, 3.05) is 13.1 Å². The molecule has 0 aliphatic heterocycles. The Morgan fingerprint density at radius 3 is 2.59 bits per heavy atom. The van der Waals surface area contributed by atoms with Crippen LogP contribution in [0.4, 0.5) is 0 Å². The van der Waals surface area contributed by atoms with Gasteiger partial charge in [-0.05, 0) is 37.5 Å². The Labute approximate surface area is 104 Å². The molecule has 0 N–H and O–H groups in total. The van der Waals surface area contributed by atoms with Gasteiger partial charge < -0.3 is 4.90 Å². The van der Waals surface area contributed by atoms with Crippen molar-refractivity contribution >= 4 is 5.91 Å². The van der Waals surface area contributed by atoms with E-state index in [-0.39, 0.29) is 5.91 Å². The number of nitrogens with zero attached hydrogens (tertiary/aromatic N) is 1. The molecule has 2 heteroatoms. The highest BCUT2D eigenvalue weighted by molar-refractivity contribution is 5.79. The number of benzene rings is 1. The van der Waals surface area contributed by atoms with Crippen molar-refractivity contribution in [3.63, 3.8) is 0 Å². The molecule has 0 atom stereocenters. The average molecular weight is 229 g/mol. The van der Waals surface area contributed by atoms with Crippen LogP contribution in [0.2, 0.25) is 0 Å². The predicted octanol–water partition coefficient (Wildman–Crippen LogP) is 2.33. The zero-order valence-corrected chi connectivity index (χ0v) is 10.8. The van der Waals surface area contributed by atoms with E-state index in [2.05, 4.69) is 31.9 Å². The third-order valence-corrected chi connectivity index (χ3v) is 2.94. The Bertz CT molecular complexity index is 443. The fourth-order valence-electron chi connectivity index (χ4n) is 1.69. The first-order valence-electron chi connectivity index (χ1n) is 5.85. The van der Waals surface area contributed by atoms with Crippen molar-refractivity contribution in [1.82, 2.24) is 4.90 Å². The van der Waals surface area contributed by atoms with Crippen LogP contribution in [-0.2, 0) is 11.2 Å². The number of carbonyl (C=O) groups excluding carboxylic acids is 1. The van der Waals surface area contributed by atoms with Gasteiger partial charge in [-0.3, -0.25) is 4.79 Å². The number of aryl methyl sites for hydroxylation is 2. The largest absolute Gasteiger partial charge is 0.332 e. The Morgan fingerprint density at radius 1 is 1.35 bits per heavy atom. The maximum absolute atomic E-state index is 12.0. The molecule has 0 radical (unpaired) electrons. The minimum Gasteiger partial charge on any atom is -0.332 e. The van der Waals surface area contributed by atoms with Gasteiger partial charge in [-0.1, -0.05) is 24.1 Å². The quantitative estimate of drug-likeness (QED) is 0.726.